The second kappa shape index (κ2) is 8.40. The maximum Gasteiger partial charge on any atom is 0.160 e. The van der Waals surface area contributed by atoms with Crippen LogP contribution < -0.4 is 5.32 Å². The number of hydrogen-bond acceptors (Lipinski definition) is 4. The van der Waals surface area contributed by atoms with Gasteiger partial charge in [-0.2, -0.15) is 0 Å². The Morgan fingerprint density at radius 2 is 1.41 bits per heavy atom. The van der Waals surface area contributed by atoms with Gasteiger partial charge >= 0.3 is 0 Å². The molecule has 4 nitrogen and oxygen atoms in total. The van der Waals surface area contributed by atoms with E-state index in [1.165, 1.54) is 27.8 Å². The molecular weight excluding hydrogens is 416 g/mol. The van der Waals surface area contributed by atoms with Crippen molar-refractivity contribution in [1.82, 2.24) is 15.0 Å². The normalized spacial score (nSPS) is 11.0. The molecule has 0 aliphatic heterocycles. The second-order valence-electron chi connectivity index (χ2n) is 7.66. The lowest BCUT2D eigenvalue weighted by molar-refractivity contribution is 1.24. The largest absolute Gasteiger partial charge is 0.338 e. The smallest absolute Gasteiger partial charge is 0.160 e. The van der Waals surface area contributed by atoms with Crippen LogP contribution in [0.25, 0.3) is 33.3 Å². The summed E-state index contributed by atoms with van der Waals surface area (Å²) in [5, 5.41) is 3.81. The summed E-state index contributed by atoms with van der Waals surface area (Å²) in [7, 11) is 0. The van der Waals surface area contributed by atoms with Gasteiger partial charge in [0.2, 0.25) is 0 Å². The van der Waals surface area contributed by atoms with Gasteiger partial charge in [0.05, 0.1) is 5.52 Å². The Kier molecular flexibility index (Phi) is 5.29. The topological polar surface area (TPSA) is 50.7 Å². The monoisotopic (exact) mass is 436 g/mol. The van der Waals surface area contributed by atoms with E-state index in [9.17, 15) is 0 Å². The molecule has 5 heteroatoms. The highest BCUT2D eigenvalue weighted by Gasteiger charge is 2.14. The van der Waals surface area contributed by atoms with Gasteiger partial charge in [0.25, 0.3) is 0 Å². The van der Waals surface area contributed by atoms with Crippen molar-refractivity contribution in [3.05, 3.63) is 101 Å². The zero-order valence-electron chi connectivity index (χ0n) is 17.8. The summed E-state index contributed by atoms with van der Waals surface area (Å²) in [5.41, 5.74) is 9.54. The number of aromatic nitrogens is 3. The molecule has 0 amide bonds. The van der Waals surface area contributed by atoms with Crippen molar-refractivity contribution in [3.63, 3.8) is 0 Å². The minimum absolute atomic E-state index is 0.376. The van der Waals surface area contributed by atoms with Crippen LogP contribution in [-0.2, 0) is 0 Å². The van der Waals surface area contributed by atoms with E-state index in [0.29, 0.717) is 22.0 Å². The Labute approximate surface area is 192 Å². The van der Waals surface area contributed by atoms with Crippen LogP contribution in [0, 0.1) is 13.8 Å². The fourth-order valence-electron chi connectivity index (χ4n) is 4.08. The molecule has 156 valence electrons. The number of nitrogens with zero attached hydrogens (tertiary/aromatic N) is 3. The van der Waals surface area contributed by atoms with E-state index in [1.54, 1.807) is 18.5 Å². The summed E-state index contributed by atoms with van der Waals surface area (Å²) in [6.45, 7) is 4.30. The Balaban J connectivity index is 1.59. The molecule has 2 aromatic heterocycles. The van der Waals surface area contributed by atoms with Gasteiger partial charge < -0.3 is 5.32 Å². The van der Waals surface area contributed by atoms with Crippen LogP contribution in [0.5, 0.6) is 0 Å². The standard InChI is InChI=1S/C27H21ClN4/c1-17-20(19-8-4-3-5-9-19)10-6-11-21(17)22-12-7-13-23(18(22)2)31-27-26-24(16-25(28)32-27)29-14-15-30-26/h3-16H,1-2H3,(H,31,32). The molecule has 0 aliphatic carbocycles. The van der Waals surface area contributed by atoms with E-state index in [1.807, 2.05) is 12.1 Å². The first-order chi connectivity index (χ1) is 15.6. The highest BCUT2D eigenvalue weighted by atomic mass is 35.5. The minimum atomic E-state index is 0.376. The van der Waals surface area contributed by atoms with Crippen LogP contribution in [0.1, 0.15) is 11.1 Å². The summed E-state index contributed by atoms with van der Waals surface area (Å²) >= 11 is 6.23. The van der Waals surface area contributed by atoms with Crippen molar-refractivity contribution < 1.29 is 0 Å². The van der Waals surface area contributed by atoms with Gasteiger partial charge in [-0.15, -0.1) is 0 Å². The average molecular weight is 437 g/mol. The molecule has 0 spiro atoms. The van der Waals surface area contributed by atoms with Crippen LogP contribution >= 0.6 is 11.6 Å². The highest BCUT2D eigenvalue weighted by Crippen LogP contribution is 2.36. The number of benzene rings is 3. The number of hydrogen-bond donors (Lipinski definition) is 1. The van der Waals surface area contributed by atoms with Crippen molar-refractivity contribution in [1.29, 1.82) is 0 Å². The van der Waals surface area contributed by atoms with Crippen LogP contribution in [0.2, 0.25) is 5.15 Å². The third-order valence-corrected chi connectivity index (χ3v) is 5.91. The van der Waals surface area contributed by atoms with Crippen molar-refractivity contribution in [2.24, 2.45) is 0 Å². The molecular formula is C27H21ClN4. The van der Waals surface area contributed by atoms with Gasteiger partial charge in [-0.25, -0.2) is 9.97 Å². The first-order valence-electron chi connectivity index (χ1n) is 10.4. The molecule has 2 heterocycles. The molecule has 0 unspecified atom stereocenters. The van der Waals surface area contributed by atoms with Crippen molar-refractivity contribution in [2.75, 3.05) is 5.32 Å². The van der Waals surface area contributed by atoms with Crippen LogP contribution in [0.4, 0.5) is 11.5 Å². The Morgan fingerprint density at radius 1 is 0.719 bits per heavy atom. The second-order valence-corrected chi connectivity index (χ2v) is 8.05. The van der Waals surface area contributed by atoms with Gasteiger partial charge in [0, 0.05) is 24.1 Å². The Morgan fingerprint density at radius 3 is 2.22 bits per heavy atom. The predicted octanol–water partition coefficient (Wildman–Crippen LogP) is 7.37. The summed E-state index contributed by atoms with van der Waals surface area (Å²) < 4.78 is 0. The lowest BCUT2D eigenvalue weighted by atomic mass is 9.90. The molecule has 32 heavy (non-hydrogen) atoms. The first kappa shape index (κ1) is 20.2. The van der Waals surface area contributed by atoms with Crippen molar-refractivity contribution in [3.8, 4) is 22.3 Å². The number of halogens is 1. The molecule has 3 aromatic carbocycles. The van der Waals surface area contributed by atoms with E-state index in [4.69, 9.17) is 11.6 Å². The third-order valence-electron chi connectivity index (χ3n) is 5.72. The lowest BCUT2D eigenvalue weighted by Crippen LogP contribution is -2.00. The summed E-state index contributed by atoms with van der Waals surface area (Å²) in [5.74, 6) is 0.593. The number of fused-ring (bicyclic) bond motifs is 1. The van der Waals surface area contributed by atoms with E-state index in [0.717, 1.165) is 11.3 Å². The molecule has 0 fully saturated rings. The van der Waals surface area contributed by atoms with Gasteiger partial charge in [-0.1, -0.05) is 72.3 Å². The van der Waals surface area contributed by atoms with E-state index in [2.05, 4.69) is 88.7 Å². The molecule has 0 atom stereocenters. The molecule has 0 bridgehead atoms. The Bertz CT molecular complexity index is 1430. The average Bonchev–Trinajstić information content (AvgIpc) is 2.81. The SMILES string of the molecule is Cc1c(Nc2nc(Cl)cc3nccnc23)cccc1-c1cccc(-c2ccccc2)c1C. The van der Waals surface area contributed by atoms with Gasteiger partial charge in [0.1, 0.15) is 10.7 Å². The predicted molar refractivity (Wildman–Crippen MR) is 132 cm³/mol. The number of pyridine rings is 1. The van der Waals surface area contributed by atoms with Gasteiger partial charge in [0.15, 0.2) is 5.82 Å². The summed E-state index contributed by atoms with van der Waals surface area (Å²) in [4.78, 5) is 13.3. The lowest BCUT2D eigenvalue weighted by Gasteiger charge is -2.17. The van der Waals surface area contributed by atoms with E-state index >= 15 is 0 Å². The Hall–Kier alpha value is -3.76. The number of nitrogens with one attached hydrogen (secondary N) is 1. The highest BCUT2D eigenvalue weighted by molar-refractivity contribution is 6.30. The molecule has 0 radical (unpaired) electrons. The van der Waals surface area contributed by atoms with Crippen molar-refractivity contribution in [2.45, 2.75) is 13.8 Å². The zero-order chi connectivity index (χ0) is 22.1. The van der Waals surface area contributed by atoms with Crippen LogP contribution in [-0.4, -0.2) is 15.0 Å². The maximum absolute atomic E-state index is 6.23. The molecule has 0 aliphatic rings. The fourth-order valence-corrected chi connectivity index (χ4v) is 4.27. The van der Waals surface area contributed by atoms with Crippen LogP contribution in [0.15, 0.2) is 85.2 Å². The zero-order valence-corrected chi connectivity index (χ0v) is 18.6. The molecule has 5 aromatic rings. The summed E-state index contributed by atoms with van der Waals surface area (Å²) in [6.07, 6.45) is 3.31. The van der Waals surface area contributed by atoms with E-state index < -0.39 is 0 Å². The number of rotatable bonds is 4. The van der Waals surface area contributed by atoms with Gasteiger partial charge in [-0.3, -0.25) is 4.98 Å². The van der Waals surface area contributed by atoms with Crippen molar-refractivity contribution >= 4 is 34.1 Å². The summed E-state index contributed by atoms with van der Waals surface area (Å²) in [6, 6.07) is 24.9. The maximum atomic E-state index is 6.23. The molecule has 1 N–H and O–H groups in total. The molecule has 5 rings (SSSR count). The van der Waals surface area contributed by atoms with Crippen LogP contribution in [0.3, 0.4) is 0 Å². The van der Waals surface area contributed by atoms with Gasteiger partial charge in [-0.05, 0) is 53.3 Å². The quantitative estimate of drug-likeness (QED) is 0.299. The van der Waals surface area contributed by atoms with E-state index in [-0.39, 0.29) is 0 Å². The first-order valence-corrected chi connectivity index (χ1v) is 10.8. The minimum Gasteiger partial charge on any atom is -0.338 e. The molecule has 0 saturated heterocycles. The third kappa shape index (κ3) is 3.70. The fraction of sp³-hybridized carbons (Fsp3) is 0.0741. The molecule has 0 saturated carbocycles. The number of anilines is 2.